The topological polar surface area (TPSA) is 34.1 Å². The summed E-state index contributed by atoms with van der Waals surface area (Å²) in [5.74, 6) is 1.30. The summed E-state index contributed by atoms with van der Waals surface area (Å²) in [4.78, 5) is 0. The zero-order chi connectivity index (χ0) is 14.4. The van der Waals surface area contributed by atoms with Crippen molar-refractivity contribution in [3.05, 3.63) is 34.9 Å². The average Bonchev–Trinajstić information content (AvgIpc) is 2.42. The van der Waals surface area contributed by atoms with Crippen LogP contribution in [0.5, 0.6) is 0 Å². The molecule has 0 radical (unpaired) electrons. The van der Waals surface area contributed by atoms with Gasteiger partial charge in [0.25, 0.3) is 0 Å². The molecule has 1 aromatic rings. The van der Waals surface area contributed by atoms with Gasteiger partial charge in [-0.2, -0.15) is 0 Å². The molecular formula is C16H24ClNO2S. The molecular weight excluding hydrogens is 306 g/mol. The van der Waals surface area contributed by atoms with Crippen LogP contribution in [0.15, 0.2) is 18.2 Å². The molecule has 1 fully saturated rings. The molecule has 0 unspecified atom stereocenters. The number of fused-ring (bicyclic) bond motifs is 1. The van der Waals surface area contributed by atoms with E-state index in [2.05, 4.69) is 32.0 Å². The third-order valence-corrected chi connectivity index (χ3v) is 6.64. The third-order valence-electron chi connectivity index (χ3n) is 5.03. The minimum Gasteiger partial charge on any atom is -1.00 e. The van der Waals surface area contributed by atoms with E-state index in [9.17, 15) is 8.42 Å². The fourth-order valence-corrected chi connectivity index (χ4v) is 5.23. The van der Waals surface area contributed by atoms with E-state index in [1.807, 2.05) is 0 Å². The Balaban J connectivity index is 0.00000161. The van der Waals surface area contributed by atoms with Gasteiger partial charge in [-0.1, -0.05) is 32.0 Å². The minimum atomic E-state index is -2.77. The first kappa shape index (κ1) is 16.8. The smallest absolute Gasteiger partial charge is 0.161 e. The van der Waals surface area contributed by atoms with Crippen molar-refractivity contribution in [2.45, 2.75) is 32.7 Å². The fraction of sp³-hybridized carbons (Fsp3) is 0.625. The SMILES string of the molecule is CC(C)c1cccc2c1CC[N+]1(CCS(=O)(=O)CC1)C2.[Cl-]. The maximum Gasteiger partial charge on any atom is 0.161 e. The van der Waals surface area contributed by atoms with Gasteiger partial charge in [0.05, 0.1) is 31.1 Å². The highest BCUT2D eigenvalue weighted by Crippen LogP contribution is 2.32. The lowest BCUT2D eigenvalue weighted by Crippen LogP contribution is -3.00. The molecule has 118 valence electrons. The number of nitrogens with zero attached hydrogens (tertiary/aromatic N) is 1. The summed E-state index contributed by atoms with van der Waals surface area (Å²) in [6, 6.07) is 6.65. The molecule has 0 amide bonds. The Kier molecular flexibility index (Phi) is 4.72. The van der Waals surface area contributed by atoms with Crippen molar-refractivity contribution in [1.29, 1.82) is 0 Å². The quantitative estimate of drug-likeness (QED) is 0.627. The van der Waals surface area contributed by atoms with Crippen LogP contribution in [0.25, 0.3) is 0 Å². The van der Waals surface area contributed by atoms with E-state index >= 15 is 0 Å². The van der Waals surface area contributed by atoms with E-state index in [4.69, 9.17) is 0 Å². The van der Waals surface area contributed by atoms with Crippen LogP contribution in [0.3, 0.4) is 0 Å². The van der Waals surface area contributed by atoms with E-state index < -0.39 is 9.84 Å². The molecule has 21 heavy (non-hydrogen) atoms. The fourth-order valence-electron chi connectivity index (χ4n) is 3.70. The molecule has 3 rings (SSSR count). The van der Waals surface area contributed by atoms with Crippen LogP contribution in [-0.4, -0.2) is 44.0 Å². The molecule has 5 heteroatoms. The van der Waals surface area contributed by atoms with Crippen LogP contribution in [0.4, 0.5) is 0 Å². The van der Waals surface area contributed by atoms with Crippen LogP contribution in [-0.2, 0) is 22.8 Å². The van der Waals surface area contributed by atoms with Crippen molar-refractivity contribution in [2.24, 2.45) is 0 Å². The van der Waals surface area contributed by atoms with Gasteiger partial charge in [-0.25, -0.2) is 8.42 Å². The first-order valence-corrected chi connectivity index (χ1v) is 9.39. The standard InChI is InChI=1S/C16H24NO2S.ClH/c1-13(2)15-5-3-4-14-12-17(7-6-16(14)15)8-10-20(18,19)11-9-17;/h3-5,13H,6-12H2,1-2H3;1H/q+1;/p-1. The predicted octanol–water partition coefficient (Wildman–Crippen LogP) is -0.885. The van der Waals surface area contributed by atoms with Crippen molar-refractivity contribution in [3.63, 3.8) is 0 Å². The van der Waals surface area contributed by atoms with Crippen molar-refractivity contribution < 1.29 is 25.3 Å². The van der Waals surface area contributed by atoms with Crippen LogP contribution < -0.4 is 12.4 Å². The maximum atomic E-state index is 11.7. The highest BCUT2D eigenvalue weighted by molar-refractivity contribution is 7.91. The van der Waals surface area contributed by atoms with Crippen LogP contribution in [0, 0.1) is 0 Å². The molecule has 0 aromatic heterocycles. The molecule has 0 bridgehead atoms. The van der Waals surface area contributed by atoms with Crippen LogP contribution in [0.1, 0.15) is 36.5 Å². The first-order valence-electron chi connectivity index (χ1n) is 7.57. The zero-order valence-electron chi connectivity index (χ0n) is 12.8. The molecule has 1 aromatic carbocycles. The van der Waals surface area contributed by atoms with E-state index in [1.165, 1.54) is 16.7 Å². The molecule has 2 aliphatic rings. The maximum absolute atomic E-state index is 11.7. The molecule has 0 aliphatic carbocycles. The Morgan fingerprint density at radius 1 is 1.10 bits per heavy atom. The van der Waals surface area contributed by atoms with Gasteiger partial charge in [0.2, 0.25) is 0 Å². The first-order chi connectivity index (χ1) is 9.41. The summed E-state index contributed by atoms with van der Waals surface area (Å²) in [6.07, 6.45) is 1.10. The largest absolute Gasteiger partial charge is 1.00 e. The number of hydrogen-bond donors (Lipinski definition) is 0. The Hall–Kier alpha value is -0.580. The highest BCUT2D eigenvalue weighted by atomic mass is 35.5. The van der Waals surface area contributed by atoms with Crippen molar-refractivity contribution >= 4 is 9.84 Å². The van der Waals surface area contributed by atoms with Gasteiger partial charge < -0.3 is 16.9 Å². The van der Waals surface area contributed by atoms with Crippen molar-refractivity contribution in [3.8, 4) is 0 Å². The summed E-state index contributed by atoms with van der Waals surface area (Å²) in [6.45, 7) is 8.23. The second-order valence-electron chi connectivity index (χ2n) is 6.71. The molecule has 1 spiro atoms. The van der Waals surface area contributed by atoms with Crippen LogP contribution >= 0.6 is 0 Å². The monoisotopic (exact) mass is 329 g/mol. The summed E-state index contributed by atoms with van der Waals surface area (Å²) >= 11 is 0. The van der Waals surface area contributed by atoms with E-state index in [-0.39, 0.29) is 12.4 Å². The van der Waals surface area contributed by atoms with Gasteiger partial charge in [-0.15, -0.1) is 0 Å². The summed E-state index contributed by atoms with van der Waals surface area (Å²) in [7, 11) is -2.77. The summed E-state index contributed by atoms with van der Waals surface area (Å²) in [5.41, 5.74) is 4.45. The molecule has 0 atom stereocenters. The second kappa shape index (κ2) is 5.90. The Morgan fingerprint density at radius 2 is 1.76 bits per heavy atom. The average molecular weight is 330 g/mol. The number of benzene rings is 1. The van der Waals surface area contributed by atoms with E-state index in [0.29, 0.717) is 17.4 Å². The van der Waals surface area contributed by atoms with Gasteiger partial charge >= 0.3 is 0 Å². The van der Waals surface area contributed by atoms with Gasteiger partial charge in [-0.3, -0.25) is 0 Å². The Bertz CT molecular complexity index is 611. The summed E-state index contributed by atoms with van der Waals surface area (Å²) in [5, 5.41) is 0. The Morgan fingerprint density at radius 3 is 2.38 bits per heavy atom. The second-order valence-corrected chi connectivity index (χ2v) is 9.02. The normalized spacial score (nSPS) is 22.6. The van der Waals surface area contributed by atoms with Gasteiger partial charge in [-0.05, 0) is 17.0 Å². The van der Waals surface area contributed by atoms with E-state index in [1.54, 1.807) is 0 Å². The lowest BCUT2D eigenvalue weighted by atomic mass is 9.88. The number of sulfone groups is 1. The molecule has 3 nitrogen and oxygen atoms in total. The lowest BCUT2D eigenvalue weighted by Gasteiger charge is -2.44. The lowest BCUT2D eigenvalue weighted by molar-refractivity contribution is -0.939. The van der Waals surface area contributed by atoms with E-state index in [0.717, 1.165) is 37.1 Å². The summed E-state index contributed by atoms with van der Waals surface area (Å²) < 4.78 is 24.3. The van der Waals surface area contributed by atoms with Gasteiger partial charge in [0.15, 0.2) is 9.84 Å². The number of hydrogen-bond acceptors (Lipinski definition) is 2. The van der Waals surface area contributed by atoms with Crippen LogP contribution in [0.2, 0.25) is 0 Å². The molecule has 2 aliphatic heterocycles. The third kappa shape index (κ3) is 3.27. The molecule has 2 heterocycles. The minimum absolute atomic E-state index is 0. The number of halogens is 1. The molecule has 0 N–H and O–H groups in total. The van der Waals surface area contributed by atoms with Gasteiger partial charge in [0.1, 0.15) is 6.54 Å². The molecule has 1 saturated heterocycles. The van der Waals surface area contributed by atoms with Gasteiger partial charge in [0, 0.05) is 12.0 Å². The predicted molar refractivity (Wildman–Crippen MR) is 81.5 cm³/mol. The number of quaternary nitrogens is 1. The highest BCUT2D eigenvalue weighted by Gasteiger charge is 2.39. The number of rotatable bonds is 1. The molecule has 0 saturated carbocycles. The van der Waals surface area contributed by atoms with Crippen molar-refractivity contribution in [1.82, 2.24) is 0 Å². The zero-order valence-corrected chi connectivity index (χ0v) is 14.4. The van der Waals surface area contributed by atoms with Crippen molar-refractivity contribution in [2.75, 3.05) is 31.1 Å². The Labute approximate surface area is 134 Å².